The van der Waals surface area contributed by atoms with Crippen LogP contribution in [0.25, 0.3) is 10.2 Å². The molecule has 0 bridgehead atoms. The van der Waals surface area contributed by atoms with Gasteiger partial charge in [0, 0.05) is 10.7 Å². The number of hydrogen-bond acceptors (Lipinski definition) is 5. The lowest BCUT2D eigenvalue weighted by atomic mass is 10.0. The number of thiazole rings is 1. The number of sulfonamides is 1. The third-order valence-electron chi connectivity index (χ3n) is 4.45. The Morgan fingerprint density at radius 1 is 1.14 bits per heavy atom. The van der Waals surface area contributed by atoms with Gasteiger partial charge in [0.25, 0.3) is 0 Å². The molecule has 1 unspecified atom stereocenters. The molecule has 0 aliphatic heterocycles. The fourth-order valence-corrected chi connectivity index (χ4v) is 5.30. The Bertz CT molecular complexity index is 1170. The van der Waals surface area contributed by atoms with Crippen molar-refractivity contribution in [1.82, 2.24) is 9.71 Å². The van der Waals surface area contributed by atoms with E-state index in [-0.39, 0.29) is 10.8 Å². The molecule has 3 rings (SSSR count). The van der Waals surface area contributed by atoms with Crippen LogP contribution in [0.5, 0.6) is 0 Å². The molecule has 154 valence electrons. The zero-order valence-electron chi connectivity index (χ0n) is 16.5. The molecule has 9 heteroatoms. The third kappa shape index (κ3) is 4.95. The number of carbonyl (C=O) groups is 1. The highest BCUT2D eigenvalue weighted by atomic mass is 35.5. The molecule has 0 radical (unpaired) electrons. The van der Waals surface area contributed by atoms with Crippen LogP contribution in [0.4, 0.5) is 5.69 Å². The minimum absolute atomic E-state index is 0.102. The van der Waals surface area contributed by atoms with Gasteiger partial charge in [-0.15, -0.1) is 11.3 Å². The first-order valence-corrected chi connectivity index (χ1v) is 11.7. The monoisotopic (exact) mass is 451 g/mol. The Labute approximate surface area is 179 Å². The first-order valence-electron chi connectivity index (χ1n) is 9.03. The van der Waals surface area contributed by atoms with Gasteiger partial charge in [0.05, 0.1) is 20.1 Å². The van der Waals surface area contributed by atoms with E-state index in [0.717, 1.165) is 20.8 Å². The largest absolute Gasteiger partial charge is 0.325 e. The summed E-state index contributed by atoms with van der Waals surface area (Å²) in [7, 11) is -3.90. The predicted octanol–water partition coefficient (Wildman–Crippen LogP) is 4.51. The third-order valence-corrected chi connectivity index (χ3v) is 7.23. The van der Waals surface area contributed by atoms with Crippen molar-refractivity contribution >= 4 is 54.8 Å². The van der Waals surface area contributed by atoms with Crippen molar-refractivity contribution in [2.45, 2.75) is 38.6 Å². The van der Waals surface area contributed by atoms with Crippen LogP contribution in [-0.4, -0.2) is 25.4 Å². The molecule has 0 saturated heterocycles. The summed E-state index contributed by atoms with van der Waals surface area (Å²) in [5.74, 6) is -0.710. The lowest BCUT2D eigenvalue weighted by Crippen LogP contribution is -2.47. The molecule has 2 aromatic carbocycles. The highest BCUT2D eigenvalue weighted by Crippen LogP contribution is 2.25. The first kappa shape index (κ1) is 21.7. The van der Waals surface area contributed by atoms with Crippen LogP contribution in [0.2, 0.25) is 5.02 Å². The van der Waals surface area contributed by atoms with E-state index in [1.54, 1.807) is 44.2 Å². The van der Waals surface area contributed by atoms with Gasteiger partial charge in [-0.25, -0.2) is 13.4 Å². The van der Waals surface area contributed by atoms with Crippen molar-refractivity contribution in [3.05, 3.63) is 52.0 Å². The van der Waals surface area contributed by atoms with E-state index < -0.39 is 22.0 Å². The van der Waals surface area contributed by atoms with Crippen LogP contribution in [0, 0.1) is 19.8 Å². The summed E-state index contributed by atoms with van der Waals surface area (Å²) < 4.78 is 29.2. The Morgan fingerprint density at radius 2 is 1.86 bits per heavy atom. The SMILES string of the molecule is Cc1nc2ccc(S(=O)(=O)NC(C(=O)Nc3ccc(C)c(Cl)c3)C(C)C)cc2s1. The van der Waals surface area contributed by atoms with Gasteiger partial charge in [-0.3, -0.25) is 4.79 Å². The molecule has 1 aromatic heterocycles. The minimum Gasteiger partial charge on any atom is -0.325 e. The zero-order valence-corrected chi connectivity index (χ0v) is 18.9. The zero-order chi connectivity index (χ0) is 21.3. The quantitative estimate of drug-likeness (QED) is 0.577. The second kappa shape index (κ2) is 8.39. The van der Waals surface area contributed by atoms with E-state index in [2.05, 4.69) is 15.0 Å². The van der Waals surface area contributed by atoms with Gasteiger partial charge >= 0.3 is 0 Å². The maximum Gasteiger partial charge on any atom is 0.242 e. The lowest BCUT2D eigenvalue weighted by molar-refractivity contribution is -0.118. The maximum atomic E-state index is 12.9. The number of nitrogens with zero attached hydrogens (tertiary/aromatic N) is 1. The summed E-state index contributed by atoms with van der Waals surface area (Å²) in [6, 6.07) is 8.96. The van der Waals surface area contributed by atoms with Crippen LogP contribution in [0.15, 0.2) is 41.3 Å². The molecule has 0 aliphatic rings. The molecule has 1 heterocycles. The van der Waals surface area contributed by atoms with Crippen LogP contribution >= 0.6 is 22.9 Å². The number of nitrogens with one attached hydrogen (secondary N) is 2. The number of carbonyl (C=O) groups excluding carboxylic acids is 1. The smallest absolute Gasteiger partial charge is 0.242 e. The fourth-order valence-electron chi connectivity index (χ4n) is 2.81. The number of aromatic nitrogens is 1. The predicted molar refractivity (Wildman–Crippen MR) is 118 cm³/mol. The summed E-state index contributed by atoms with van der Waals surface area (Å²) in [6.45, 7) is 7.29. The second-order valence-electron chi connectivity index (χ2n) is 7.16. The summed E-state index contributed by atoms with van der Waals surface area (Å²) in [6.07, 6.45) is 0. The van der Waals surface area contributed by atoms with E-state index >= 15 is 0 Å². The highest BCUT2D eigenvalue weighted by Gasteiger charge is 2.29. The van der Waals surface area contributed by atoms with Crippen LogP contribution in [0.1, 0.15) is 24.4 Å². The van der Waals surface area contributed by atoms with Gasteiger partial charge in [0.15, 0.2) is 0 Å². The number of fused-ring (bicyclic) bond motifs is 1. The standard InChI is InChI=1S/C20H22ClN3O3S2/c1-11(2)19(20(25)23-14-6-5-12(3)16(21)9-14)24-29(26,27)15-7-8-17-18(10-15)28-13(4)22-17/h5-11,19,24H,1-4H3,(H,23,25). The van der Waals surface area contributed by atoms with E-state index in [4.69, 9.17) is 11.6 Å². The lowest BCUT2D eigenvalue weighted by Gasteiger charge is -2.22. The summed E-state index contributed by atoms with van der Waals surface area (Å²) in [4.78, 5) is 17.2. The van der Waals surface area contributed by atoms with Crippen LogP contribution in [-0.2, 0) is 14.8 Å². The summed E-state index contributed by atoms with van der Waals surface area (Å²) in [5, 5.41) is 4.13. The maximum absolute atomic E-state index is 12.9. The number of benzene rings is 2. The number of anilines is 1. The highest BCUT2D eigenvalue weighted by molar-refractivity contribution is 7.89. The molecule has 6 nitrogen and oxygen atoms in total. The molecule has 0 spiro atoms. The molecule has 0 aliphatic carbocycles. The van der Waals surface area contributed by atoms with Gasteiger partial charge in [-0.1, -0.05) is 31.5 Å². The number of amides is 1. The Kier molecular flexibility index (Phi) is 6.28. The number of rotatable bonds is 6. The summed E-state index contributed by atoms with van der Waals surface area (Å²) in [5.41, 5.74) is 2.15. The average Bonchev–Trinajstić information content (AvgIpc) is 3.01. The van der Waals surface area contributed by atoms with E-state index in [1.807, 2.05) is 13.8 Å². The van der Waals surface area contributed by atoms with Gasteiger partial charge in [0.2, 0.25) is 15.9 Å². The van der Waals surface area contributed by atoms with Crippen LogP contribution in [0.3, 0.4) is 0 Å². The van der Waals surface area contributed by atoms with E-state index in [0.29, 0.717) is 10.7 Å². The molecule has 2 N–H and O–H groups in total. The molecule has 0 saturated carbocycles. The van der Waals surface area contributed by atoms with Gasteiger partial charge < -0.3 is 5.32 Å². The van der Waals surface area contributed by atoms with Crippen molar-refractivity contribution in [3.8, 4) is 0 Å². The number of aryl methyl sites for hydroxylation is 2. The minimum atomic E-state index is -3.90. The van der Waals surface area contributed by atoms with Crippen molar-refractivity contribution in [2.75, 3.05) is 5.32 Å². The number of halogens is 1. The van der Waals surface area contributed by atoms with Crippen molar-refractivity contribution < 1.29 is 13.2 Å². The first-order chi connectivity index (χ1) is 13.6. The van der Waals surface area contributed by atoms with E-state index in [9.17, 15) is 13.2 Å². The number of hydrogen-bond donors (Lipinski definition) is 2. The summed E-state index contributed by atoms with van der Waals surface area (Å²) >= 11 is 7.53. The van der Waals surface area contributed by atoms with Crippen molar-refractivity contribution in [3.63, 3.8) is 0 Å². The van der Waals surface area contributed by atoms with Gasteiger partial charge in [-0.2, -0.15) is 4.72 Å². The Hall–Kier alpha value is -2.00. The second-order valence-corrected chi connectivity index (χ2v) is 10.5. The molecule has 1 amide bonds. The molecule has 3 aromatic rings. The molecule has 1 atom stereocenters. The van der Waals surface area contributed by atoms with E-state index in [1.165, 1.54) is 17.4 Å². The fraction of sp³-hybridized carbons (Fsp3) is 0.300. The molecular formula is C20H22ClN3O3S2. The molecular weight excluding hydrogens is 430 g/mol. The Morgan fingerprint density at radius 3 is 2.52 bits per heavy atom. The molecule has 0 fully saturated rings. The normalized spacial score (nSPS) is 13.0. The topological polar surface area (TPSA) is 88.2 Å². The molecule has 29 heavy (non-hydrogen) atoms. The van der Waals surface area contributed by atoms with Crippen molar-refractivity contribution in [2.24, 2.45) is 5.92 Å². The van der Waals surface area contributed by atoms with Crippen LogP contribution < -0.4 is 10.0 Å². The average molecular weight is 452 g/mol. The van der Waals surface area contributed by atoms with Gasteiger partial charge in [-0.05, 0) is 55.7 Å². The van der Waals surface area contributed by atoms with Gasteiger partial charge in [0.1, 0.15) is 6.04 Å². The Balaban J connectivity index is 1.83. The van der Waals surface area contributed by atoms with Crippen molar-refractivity contribution in [1.29, 1.82) is 0 Å².